The zero-order valence-corrected chi connectivity index (χ0v) is 14.5. The van der Waals surface area contributed by atoms with Gasteiger partial charge >= 0.3 is 0 Å². The fourth-order valence-electron chi connectivity index (χ4n) is 2.41. The molecule has 0 saturated carbocycles. The number of hydrogen-bond acceptors (Lipinski definition) is 2. The summed E-state index contributed by atoms with van der Waals surface area (Å²) in [7, 11) is 0. The molecule has 3 nitrogen and oxygen atoms in total. The smallest absolute Gasteiger partial charge is 0.255 e. The Morgan fingerprint density at radius 1 is 1.20 bits per heavy atom. The SMILES string of the molecule is CC(C)(C)N1CCN(C(=O)c2ccc(Cl)cc2Br)CC1. The Balaban J connectivity index is 2.05. The highest BCUT2D eigenvalue weighted by Gasteiger charge is 2.28. The molecule has 1 amide bonds. The minimum atomic E-state index is 0.0714. The van der Waals surface area contributed by atoms with E-state index in [-0.39, 0.29) is 11.4 Å². The maximum absolute atomic E-state index is 12.5. The van der Waals surface area contributed by atoms with Gasteiger partial charge < -0.3 is 4.90 Å². The van der Waals surface area contributed by atoms with Crippen LogP contribution in [0, 0.1) is 0 Å². The van der Waals surface area contributed by atoms with Crippen LogP contribution in [0.15, 0.2) is 22.7 Å². The summed E-state index contributed by atoms with van der Waals surface area (Å²) < 4.78 is 0.758. The van der Waals surface area contributed by atoms with Crippen molar-refractivity contribution >= 4 is 33.4 Å². The highest BCUT2D eigenvalue weighted by Crippen LogP contribution is 2.24. The lowest BCUT2D eigenvalue weighted by atomic mass is 10.0. The van der Waals surface area contributed by atoms with Gasteiger partial charge in [-0.1, -0.05) is 11.6 Å². The number of piperazine rings is 1. The Bertz CT molecular complexity index is 505. The normalized spacial score (nSPS) is 17.4. The molecule has 1 aromatic rings. The molecular weight excluding hydrogens is 340 g/mol. The Kier molecular flexibility index (Phi) is 4.77. The van der Waals surface area contributed by atoms with Gasteiger partial charge in [-0.05, 0) is 54.9 Å². The van der Waals surface area contributed by atoms with Gasteiger partial charge in [-0.2, -0.15) is 0 Å². The van der Waals surface area contributed by atoms with Crippen LogP contribution in [0.25, 0.3) is 0 Å². The molecule has 0 N–H and O–H groups in total. The first-order valence-corrected chi connectivity index (χ1v) is 7.95. The van der Waals surface area contributed by atoms with Gasteiger partial charge in [0.1, 0.15) is 0 Å². The Hall–Kier alpha value is -0.580. The zero-order valence-electron chi connectivity index (χ0n) is 12.1. The molecule has 1 aliphatic rings. The van der Waals surface area contributed by atoms with E-state index in [9.17, 15) is 4.79 Å². The van der Waals surface area contributed by atoms with Crippen LogP contribution >= 0.6 is 27.5 Å². The van der Waals surface area contributed by atoms with Crippen LogP contribution in [0.4, 0.5) is 0 Å². The minimum absolute atomic E-state index is 0.0714. The highest BCUT2D eigenvalue weighted by atomic mass is 79.9. The lowest BCUT2D eigenvalue weighted by Gasteiger charge is -2.42. The third-order valence-electron chi connectivity index (χ3n) is 3.68. The highest BCUT2D eigenvalue weighted by molar-refractivity contribution is 9.10. The summed E-state index contributed by atoms with van der Waals surface area (Å²) in [6.07, 6.45) is 0. The maximum atomic E-state index is 12.5. The fourth-order valence-corrected chi connectivity index (χ4v) is 3.27. The first-order chi connectivity index (χ1) is 9.29. The molecule has 1 aliphatic heterocycles. The van der Waals surface area contributed by atoms with Crippen molar-refractivity contribution in [1.29, 1.82) is 0 Å². The topological polar surface area (TPSA) is 23.6 Å². The van der Waals surface area contributed by atoms with Crippen molar-refractivity contribution in [3.8, 4) is 0 Å². The number of rotatable bonds is 1. The molecule has 20 heavy (non-hydrogen) atoms. The average molecular weight is 360 g/mol. The Morgan fingerprint density at radius 3 is 2.30 bits per heavy atom. The number of halogens is 2. The summed E-state index contributed by atoms with van der Waals surface area (Å²) in [4.78, 5) is 16.8. The van der Waals surface area contributed by atoms with Crippen LogP contribution in [0.2, 0.25) is 5.02 Å². The largest absolute Gasteiger partial charge is 0.336 e. The van der Waals surface area contributed by atoms with Crippen molar-refractivity contribution in [2.45, 2.75) is 26.3 Å². The van der Waals surface area contributed by atoms with E-state index in [2.05, 4.69) is 41.6 Å². The lowest BCUT2D eigenvalue weighted by molar-refractivity contribution is 0.0450. The number of hydrogen-bond donors (Lipinski definition) is 0. The molecule has 5 heteroatoms. The first kappa shape index (κ1) is 15.8. The van der Waals surface area contributed by atoms with E-state index in [1.165, 1.54) is 0 Å². The summed E-state index contributed by atoms with van der Waals surface area (Å²) in [5.41, 5.74) is 0.842. The molecule has 1 fully saturated rings. The summed E-state index contributed by atoms with van der Waals surface area (Å²) in [5, 5.41) is 0.631. The summed E-state index contributed by atoms with van der Waals surface area (Å²) in [6, 6.07) is 5.30. The molecule has 2 rings (SSSR count). The van der Waals surface area contributed by atoms with Crippen LogP contribution in [0.3, 0.4) is 0 Å². The molecular formula is C15H20BrClN2O. The molecule has 0 aromatic heterocycles. The molecule has 1 heterocycles. The second kappa shape index (κ2) is 6.04. The van der Waals surface area contributed by atoms with E-state index in [1.54, 1.807) is 18.2 Å². The predicted molar refractivity (Wildman–Crippen MR) is 86.4 cm³/mol. The molecule has 110 valence electrons. The third kappa shape index (κ3) is 3.54. The zero-order chi connectivity index (χ0) is 14.9. The standard InChI is InChI=1S/C15H20BrClN2O/c1-15(2,3)19-8-6-18(7-9-19)14(20)12-5-4-11(17)10-13(12)16/h4-5,10H,6-9H2,1-3H3. The van der Waals surface area contributed by atoms with Crippen LogP contribution in [-0.4, -0.2) is 47.4 Å². The van der Waals surface area contributed by atoms with E-state index >= 15 is 0 Å². The van der Waals surface area contributed by atoms with Crippen LogP contribution < -0.4 is 0 Å². The number of benzene rings is 1. The van der Waals surface area contributed by atoms with E-state index in [1.807, 2.05) is 4.90 Å². The molecule has 1 saturated heterocycles. The fraction of sp³-hybridized carbons (Fsp3) is 0.533. The lowest BCUT2D eigenvalue weighted by Crippen LogP contribution is -2.54. The van der Waals surface area contributed by atoms with Gasteiger partial charge in [0.15, 0.2) is 0 Å². The van der Waals surface area contributed by atoms with Crippen molar-refractivity contribution < 1.29 is 4.79 Å². The van der Waals surface area contributed by atoms with Gasteiger partial charge in [0.2, 0.25) is 0 Å². The second-order valence-corrected chi connectivity index (χ2v) is 7.37. The maximum Gasteiger partial charge on any atom is 0.255 e. The van der Waals surface area contributed by atoms with Gasteiger partial charge in [-0.3, -0.25) is 9.69 Å². The van der Waals surface area contributed by atoms with Gasteiger partial charge in [0.05, 0.1) is 5.56 Å². The Morgan fingerprint density at radius 2 is 1.80 bits per heavy atom. The van der Waals surface area contributed by atoms with Gasteiger partial charge in [-0.15, -0.1) is 0 Å². The minimum Gasteiger partial charge on any atom is -0.336 e. The second-order valence-electron chi connectivity index (χ2n) is 6.07. The quantitative estimate of drug-likeness (QED) is 0.764. The van der Waals surface area contributed by atoms with Crippen molar-refractivity contribution in [2.75, 3.05) is 26.2 Å². The summed E-state index contributed by atoms with van der Waals surface area (Å²) in [6.45, 7) is 10.00. The molecule has 0 spiro atoms. The average Bonchev–Trinajstić information content (AvgIpc) is 2.37. The van der Waals surface area contributed by atoms with E-state index < -0.39 is 0 Å². The predicted octanol–water partition coefficient (Wildman–Crippen LogP) is 3.66. The monoisotopic (exact) mass is 358 g/mol. The Labute approximate surface area is 134 Å². The molecule has 1 aromatic carbocycles. The number of nitrogens with zero attached hydrogens (tertiary/aromatic N) is 2. The van der Waals surface area contributed by atoms with Crippen molar-refractivity contribution in [2.24, 2.45) is 0 Å². The third-order valence-corrected chi connectivity index (χ3v) is 4.57. The van der Waals surface area contributed by atoms with Gasteiger partial charge in [0, 0.05) is 41.2 Å². The summed E-state index contributed by atoms with van der Waals surface area (Å²) in [5.74, 6) is 0.0714. The number of amides is 1. The van der Waals surface area contributed by atoms with E-state index in [4.69, 9.17) is 11.6 Å². The van der Waals surface area contributed by atoms with Crippen molar-refractivity contribution in [3.63, 3.8) is 0 Å². The van der Waals surface area contributed by atoms with E-state index in [0.717, 1.165) is 30.7 Å². The van der Waals surface area contributed by atoms with E-state index in [0.29, 0.717) is 10.6 Å². The molecule has 0 atom stereocenters. The molecule has 0 bridgehead atoms. The van der Waals surface area contributed by atoms with Crippen molar-refractivity contribution in [3.05, 3.63) is 33.3 Å². The van der Waals surface area contributed by atoms with Crippen LogP contribution in [0.5, 0.6) is 0 Å². The number of carbonyl (C=O) groups excluding carboxylic acids is 1. The van der Waals surface area contributed by atoms with Gasteiger partial charge in [-0.25, -0.2) is 0 Å². The number of carbonyl (C=O) groups is 1. The first-order valence-electron chi connectivity index (χ1n) is 6.78. The van der Waals surface area contributed by atoms with Crippen molar-refractivity contribution in [1.82, 2.24) is 9.80 Å². The molecule has 0 radical (unpaired) electrons. The van der Waals surface area contributed by atoms with Gasteiger partial charge in [0.25, 0.3) is 5.91 Å². The van der Waals surface area contributed by atoms with Crippen LogP contribution in [-0.2, 0) is 0 Å². The summed E-state index contributed by atoms with van der Waals surface area (Å²) >= 11 is 9.33. The molecule has 0 aliphatic carbocycles. The van der Waals surface area contributed by atoms with Crippen LogP contribution in [0.1, 0.15) is 31.1 Å². The molecule has 0 unspecified atom stereocenters.